The number of carbonyl (C=O) groups is 2. The largest absolute Gasteiger partial charge is 0.490 e. The number of carboxylic acid groups (broad SMARTS) is 1. The van der Waals surface area contributed by atoms with Gasteiger partial charge in [0.25, 0.3) is 0 Å². The molecule has 0 unspecified atom stereocenters. The first-order chi connectivity index (χ1) is 15.5. The van der Waals surface area contributed by atoms with Gasteiger partial charge in [0, 0.05) is 11.4 Å². The van der Waals surface area contributed by atoms with E-state index in [2.05, 4.69) is 20.8 Å². The number of benzene rings is 2. The van der Waals surface area contributed by atoms with Crippen molar-refractivity contribution in [1.82, 2.24) is 10.2 Å². The Morgan fingerprint density at radius 1 is 0.969 bits per heavy atom. The van der Waals surface area contributed by atoms with Crippen LogP contribution in [0.5, 0.6) is 5.75 Å². The minimum Gasteiger partial charge on any atom is -0.490 e. The molecule has 0 aliphatic heterocycles. The first-order valence-corrected chi connectivity index (χ1v) is 10.1. The maximum Gasteiger partial charge on any atom is 0.320 e. The summed E-state index contributed by atoms with van der Waals surface area (Å²) in [6.07, 6.45) is 2.59. The third-order valence-corrected chi connectivity index (χ3v) is 5.15. The summed E-state index contributed by atoms with van der Waals surface area (Å²) in [5, 5.41) is 22.0. The number of anilines is 3. The lowest BCUT2D eigenvalue weighted by atomic mass is 9.87. The number of carbonyl (C=O) groups excluding carboxylic acids is 1. The van der Waals surface area contributed by atoms with Crippen molar-refractivity contribution in [2.24, 2.45) is 5.92 Å². The van der Waals surface area contributed by atoms with E-state index in [4.69, 9.17) is 14.3 Å². The van der Waals surface area contributed by atoms with Crippen molar-refractivity contribution in [3.05, 3.63) is 60.2 Å². The molecular formula is C22H21FN4O5. The summed E-state index contributed by atoms with van der Waals surface area (Å²) in [5.41, 5.74) is 1.05. The fraction of sp³-hybridized carbons (Fsp3) is 0.273. The van der Waals surface area contributed by atoms with E-state index >= 15 is 0 Å². The Hall–Kier alpha value is -3.95. The molecule has 32 heavy (non-hydrogen) atoms. The van der Waals surface area contributed by atoms with Gasteiger partial charge in [-0.1, -0.05) is 5.10 Å². The first kappa shape index (κ1) is 21.3. The van der Waals surface area contributed by atoms with Gasteiger partial charge in [0.1, 0.15) is 11.6 Å². The lowest BCUT2D eigenvalue weighted by Crippen LogP contribution is -2.27. The predicted octanol–water partition coefficient (Wildman–Crippen LogP) is 4.23. The van der Waals surface area contributed by atoms with Crippen LogP contribution in [0, 0.1) is 11.7 Å². The summed E-state index contributed by atoms with van der Waals surface area (Å²) in [7, 11) is 0. The molecule has 4 rings (SSSR count). The number of ether oxygens (including phenoxy) is 1. The summed E-state index contributed by atoms with van der Waals surface area (Å²) < 4.78 is 24.2. The number of rotatable bonds is 7. The number of carboxylic acids is 1. The molecule has 0 atom stereocenters. The number of nitrogens with one attached hydrogen (secondary N) is 2. The number of aromatic nitrogens is 2. The Bertz CT molecular complexity index is 1080. The smallest absolute Gasteiger partial charge is 0.320 e. The molecule has 9 nitrogen and oxygen atoms in total. The van der Waals surface area contributed by atoms with E-state index < -0.39 is 11.9 Å². The number of halogens is 1. The van der Waals surface area contributed by atoms with E-state index in [1.165, 1.54) is 24.3 Å². The molecule has 166 valence electrons. The van der Waals surface area contributed by atoms with Crippen LogP contribution in [0.2, 0.25) is 0 Å². The maximum atomic E-state index is 13.0. The molecule has 3 N–H and O–H groups in total. The van der Waals surface area contributed by atoms with Crippen LogP contribution >= 0.6 is 0 Å². The fourth-order valence-electron chi connectivity index (χ4n) is 3.44. The van der Waals surface area contributed by atoms with Gasteiger partial charge in [-0.15, -0.1) is 5.10 Å². The average Bonchev–Trinajstić information content (AvgIpc) is 3.26. The molecule has 1 saturated carbocycles. The highest BCUT2D eigenvalue weighted by molar-refractivity contribution is 6.00. The third-order valence-electron chi connectivity index (χ3n) is 5.15. The maximum absolute atomic E-state index is 13.0. The van der Waals surface area contributed by atoms with E-state index in [0.717, 1.165) is 0 Å². The van der Waals surface area contributed by atoms with Gasteiger partial charge in [-0.2, -0.15) is 0 Å². The standard InChI is InChI=1S/C22H21FN4O5/c23-14-3-5-16(6-4-14)25-22-27-26-20(32-22)19(28)24-15-7-11-18(12-8-15)31-17-9-1-13(2-10-17)21(29)30/h3-8,11-13,17H,1-2,9-10H2,(H,24,28)(H,25,27)(H,29,30)/t13-,17+. The topological polar surface area (TPSA) is 127 Å². The summed E-state index contributed by atoms with van der Waals surface area (Å²) in [6, 6.07) is 12.4. The minimum absolute atomic E-state index is 0.00289. The first-order valence-electron chi connectivity index (χ1n) is 10.1. The number of hydrogen-bond acceptors (Lipinski definition) is 7. The van der Waals surface area contributed by atoms with E-state index in [1.807, 2.05) is 0 Å². The van der Waals surface area contributed by atoms with Crippen LogP contribution in [-0.2, 0) is 4.79 Å². The second kappa shape index (κ2) is 9.46. The molecule has 1 fully saturated rings. The van der Waals surface area contributed by atoms with Crippen molar-refractivity contribution < 1.29 is 28.2 Å². The number of nitrogens with zero attached hydrogens (tertiary/aromatic N) is 2. The number of amides is 1. The van der Waals surface area contributed by atoms with Gasteiger partial charge in [0.05, 0.1) is 12.0 Å². The van der Waals surface area contributed by atoms with Crippen LogP contribution in [0.1, 0.15) is 36.4 Å². The second-order valence-corrected chi connectivity index (χ2v) is 7.45. The van der Waals surface area contributed by atoms with E-state index in [0.29, 0.717) is 42.8 Å². The highest BCUT2D eigenvalue weighted by Crippen LogP contribution is 2.28. The van der Waals surface area contributed by atoms with Gasteiger partial charge in [-0.25, -0.2) is 4.39 Å². The SMILES string of the molecule is O=C(Nc1ccc(O[C@H]2CC[C@@H](C(=O)O)CC2)cc1)c1nnc(Nc2ccc(F)cc2)o1. The quantitative estimate of drug-likeness (QED) is 0.498. The van der Waals surface area contributed by atoms with Gasteiger partial charge in [-0.3, -0.25) is 9.59 Å². The molecule has 1 aromatic heterocycles. The van der Waals surface area contributed by atoms with E-state index in [1.54, 1.807) is 24.3 Å². The van der Waals surface area contributed by atoms with Crippen molar-refractivity contribution in [3.8, 4) is 5.75 Å². The fourth-order valence-corrected chi connectivity index (χ4v) is 3.44. The second-order valence-electron chi connectivity index (χ2n) is 7.45. The van der Waals surface area contributed by atoms with Crippen LogP contribution in [0.15, 0.2) is 52.9 Å². The van der Waals surface area contributed by atoms with E-state index in [-0.39, 0.29) is 29.7 Å². The zero-order chi connectivity index (χ0) is 22.5. The van der Waals surface area contributed by atoms with Crippen LogP contribution in [0.25, 0.3) is 0 Å². The van der Waals surface area contributed by atoms with Crippen molar-refractivity contribution in [2.75, 3.05) is 10.6 Å². The molecular weight excluding hydrogens is 419 g/mol. The number of hydrogen-bond donors (Lipinski definition) is 3. The van der Waals surface area contributed by atoms with E-state index in [9.17, 15) is 14.0 Å². The monoisotopic (exact) mass is 440 g/mol. The Kier molecular flexibility index (Phi) is 6.29. The van der Waals surface area contributed by atoms with Crippen LogP contribution < -0.4 is 15.4 Å². The molecule has 3 aromatic rings. The highest BCUT2D eigenvalue weighted by atomic mass is 19.1. The van der Waals surface area contributed by atoms with Gasteiger partial charge in [0.2, 0.25) is 0 Å². The van der Waals surface area contributed by atoms with Crippen LogP contribution in [0.3, 0.4) is 0 Å². The summed E-state index contributed by atoms with van der Waals surface area (Å²) in [4.78, 5) is 23.4. The Morgan fingerprint density at radius 3 is 2.28 bits per heavy atom. The molecule has 0 spiro atoms. The van der Waals surface area contributed by atoms with Gasteiger partial charge in [-0.05, 0) is 74.2 Å². The van der Waals surface area contributed by atoms with Crippen molar-refractivity contribution >= 4 is 29.3 Å². The molecule has 0 radical (unpaired) electrons. The lowest BCUT2D eigenvalue weighted by Gasteiger charge is -2.26. The minimum atomic E-state index is -0.747. The Balaban J connectivity index is 1.29. The summed E-state index contributed by atoms with van der Waals surface area (Å²) in [5.74, 6) is -1.57. The zero-order valence-electron chi connectivity index (χ0n) is 17.0. The highest BCUT2D eigenvalue weighted by Gasteiger charge is 2.26. The molecule has 2 aromatic carbocycles. The number of aliphatic carboxylic acids is 1. The Labute approximate surface area is 182 Å². The van der Waals surface area contributed by atoms with Gasteiger partial charge in [0.15, 0.2) is 0 Å². The molecule has 1 aliphatic carbocycles. The molecule has 10 heteroatoms. The normalized spacial score (nSPS) is 18.0. The zero-order valence-corrected chi connectivity index (χ0v) is 17.0. The lowest BCUT2D eigenvalue weighted by molar-refractivity contribution is -0.143. The molecule has 0 bridgehead atoms. The predicted molar refractivity (Wildman–Crippen MR) is 112 cm³/mol. The Morgan fingerprint density at radius 2 is 1.62 bits per heavy atom. The summed E-state index contributed by atoms with van der Waals surface area (Å²) in [6.45, 7) is 0. The molecule has 0 saturated heterocycles. The summed E-state index contributed by atoms with van der Waals surface area (Å²) >= 11 is 0. The van der Waals surface area contributed by atoms with Gasteiger partial charge >= 0.3 is 23.8 Å². The third kappa shape index (κ3) is 5.39. The van der Waals surface area contributed by atoms with Crippen molar-refractivity contribution in [1.29, 1.82) is 0 Å². The molecule has 1 aliphatic rings. The van der Waals surface area contributed by atoms with Crippen LogP contribution in [-0.4, -0.2) is 33.3 Å². The van der Waals surface area contributed by atoms with Crippen molar-refractivity contribution in [2.45, 2.75) is 31.8 Å². The average molecular weight is 440 g/mol. The molecule has 1 heterocycles. The van der Waals surface area contributed by atoms with Gasteiger partial charge < -0.3 is 24.9 Å². The van der Waals surface area contributed by atoms with Crippen molar-refractivity contribution in [3.63, 3.8) is 0 Å². The van der Waals surface area contributed by atoms with Crippen LogP contribution in [0.4, 0.5) is 21.8 Å². The molecule has 1 amide bonds.